The normalized spacial score (nSPS) is 19.0. The number of methoxy groups -OCH3 is 1. The zero-order chi connectivity index (χ0) is 23.8. The van der Waals surface area contributed by atoms with Crippen LogP contribution in [0.2, 0.25) is 0 Å². The lowest BCUT2D eigenvalue weighted by Gasteiger charge is -2.38. The van der Waals surface area contributed by atoms with Crippen LogP contribution in [0.5, 0.6) is 5.75 Å². The van der Waals surface area contributed by atoms with Crippen molar-refractivity contribution in [3.05, 3.63) is 24.3 Å². The summed E-state index contributed by atoms with van der Waals surface area (Å²) >= 11 is 0. The monoisotopic (exact) mass is 461 g/mol. The molecular weight excluding hydrogens is 430 g/mol. The number of benzene rings is 1. The Morgan fingerprint density at radius 2 is 1.85 bits per heavy atom. The fourth-order valence-corrected chi connectivity index (χ4v) is 3.93. The van der Waals surface area contributed by atoms with Gasteiger partial charge in [0.05, 0.1) is 32.4 Å². The predicted molar refractivity (Wildman–Crippen MR) is 120 cm³/mol. The smallest absolute Gasteiger partial charge is 0.409 e. The molecule has 0 aliphatic carbocycles. The molecule has 2 aliphatic heterocycles. The van der Waals surface area contributed by atoms with Gasteiger partial charge in [-0.2, -0.15) is 0 Å². The molecule has 180 valence electrons. The van der Waals surface area contributed by atoms with Gasteiger partial charge in [-0.1, -0.05) is 12.1 Å². The largest absolute Gasteiger partial charge is 0.495 e. The number of carbonyl (C=O) groups excluding carboxylic acids is 4. The summed E-state index contributed by atoms with van der Waals surface area (Å²) in [4.78, 5) is 55.1. The van der Waals surface area contributed by atoms with Gasteiger partial charge in [0.2, 0.25) is 17.7 Å². The number of ether oxygens (including phenoxy) is 2. The van der Waals surface area contributed by atoms with Gasteiger partial charge >= 0.3 is 6.09 Å². The van der Waals surface area contributed by atoms with Gasteiger partial charge < -0.3 is 29.9 Å². The molecule has 11 nitrogen and oxygen atoms in total. The molecule has 4 amide bonds. The topological polar surface area (TPSA) is 121 Å². The molecule has 0 radical (unpaired) electrons. The van der Waals surface area contributed by atoms with Gasteiger partial charge in [0.1, 0.15) is 11.8 Å². The fourth-order valence-electron chi connectivity index (χ4n) is 3.93. The summed E-state index contributed by atoms with van der Waals surface area (Å²) < 4.78 is 10.3. The maximum Gasteiger partial charge on any atom is 0.409 e. The van der Waals surface area contributed by atoms with E-state index in [0.717, 1.165) is 0 Å². The average molecular weight is 462 g/mol. The van der Waals surface area contributed by atoms with E-state index in [1.165, 1.54) is 12.0 Å². The van der Waals surface area contributed by atoms with Crippen molar-refractivity contribution in [3.8, 4) is 5.75 Å². The summed E-state index contributed by atoms with van der Waals surface area (Å²) in [5.74, 6) is -0.447. The fraction of sp³-hybridized carbons (Fsp3) is 0.545. The van der Waals surface area contributed by atoms with E-state index in [1.807, 2.05) is 4.90 Å². The van der Waals surface area contributed by atoms with E-state index in [4.69, 9.17) is 9.47 Å². The average Bonchev–Trinajstić information content (AvgIpc) is 2.81. The van der Waals surface area contributed by atoms with Crippen molar-refractivity contribution in [2.24, 2.45) is 0 Å². The first kappa shape index (κ1) is 24.3. The summed E-state index contributed by atoms with van der Waals surface area (Å²) in [5.41, 5.74) is 0.499. The maximum absolute atomic E-state index is 13.0. The second-order valence-electron chi connectivity index (χ2n) is 7.81. The zero-order valence-corrected chi connectivity index (χ0v) is 19.0. The predicted octanol–water partition coefficient (Wildman–Crippen LogP) is 0.125. The van der Waals surface area contributed by atoms with Crippen LogP contribution in [-0.4, -0.2) is 104 Å². The Morgan fingerprint density at radius 1 is 1.12 bits per heavy atom. The second-order valence-corrected chi connectivity index (χ2v) is 7.81. The van der Waals surface area contributed by atoms with Crippen LogP contribution in [0, 0.1) is 0 Å². The van der Waals surface area contributed by atoms with Crippen LogP contribution in [0.25, 0.3) is 0 Å². The van der Waals surface area contributed by atoms with Gasteiger partial charge in [0, 0.05) is 39.3 Å². The Bertz CT molecular complexity index is 871. The lowest BCUT2D eigenvalue weighted by atomic mass is 10.1. The summed E-state index contributed by atoms with van der Waals surface area (Å²) in [6.07, 6.45) is -0.510. The summed E-state index contributed by atoms with van der Waals surface area (Å²) in [6.45, 7) is 4.87. The van der Waals surface area contributed by atoms with E-state index in [0.29, 0.717) is 57.3 Å². The van der Waals surface area contributed by atoms with Crippen LogP contribution >= 0.6 is 0 Å². The zero-order valence-electron chi connectivity index (χ0n) is 19.0. The molecule has 0 bridgehead atoms. The number of amides is 4. The van der Waals surface area contributed by atoms with Crippen LogP contribution in [0.3, 0.4) is 0 Å². The van der Waals surface area contributed by atoms with Crippen molar-refractivity contribution in [1.82, 2.24) is 20.0 Å². The molecule has 1 aromatic carbocycles. The Balaban J connectivity index is 1.57. The first-order valence-electron chi connectivity index (χ1n) is 11.1. The van der Waals surface area contributed by atoms with Crippen LogP contribution in [0.1, 0.15) is 13.3 Å². The summed E-state index contributed by atoms with van der Waals surface area (Å²) in [6, 6.07) is 6.09. The van der Waals surface area contributed by atoms with Gasteiger partial charge in [-0.3, -0.25) is 19.3 Å². The van der Waals surface area contributed by atoms with Gasteiger partial charge in [0.15, 0.2) is 0 Å². The molecule has 2 saturated heterocycles. The molecule has 33 heavy (non-hydrogen) atoms. The van der Waals surface area contributed by atoms with Crippen molar-refractivity contribution in [2.45, 2.75) is 19.4 Å². The van der Waals surface area contributed by atoms with Gasteiger partial charge in [0.25, 0.3) is 0 Å². The van der Waals surface area contributed by atoms with Crippen molar-refractivity contribution < 1.29 is 28.7 Å². The number of rotatable bonds is 7. The molecule has 1 atom stereocenters. The quantitative estimate of drug-likeness (QED) is 0.592. The Labute approximate surface area is 193 Å². The van der Waals surface area contributed by atoms with E-state index in [1.54, 1.807) is 36.1 Å². The van der Waals surface area contributed by atoms with Crippen molar-refractivity contribution >= 4 is 29.5 Å². The molecule has 2 aliphatic rings. The van der Waals surface area contributed by atoms with E-state index in [2.05, 4.69) is 10.6 Å². The molecule has 3 rings (SSSR count). The number of anilines is 1. The van der Waals surface area contributed by atoms with E-state index in [-0.39, 0.29) is 36.8 Å². The number of para-hydroxylation sites is 2. The molecule has 2 fully saturated rings. The van der Waals surface area contributed by atoms with Gasteiger partial charge in [-0.25, -0.2) is 4.79 Å². The number of hydrogen-bond donors (Lipinski definition) is 2. The standard InChI is InChI=1S/C22H31N5O6/c1-3-33-22(31)26-12-10-25(11-13-26)15-20(29)27-9-8-23-21(30)17(27)14-19(28)24-16-6-4-5-7-18(16)32-2/h4-7,17H,3,8-15H2,1-2H3,(H,23,30)(H,24,28)/t17-/m0/s1. The van der Waals surface area contributed by atoms with Crippen LogP contribution in [0.4, 0.5) is 10.5 Å². The van der Waals surface area contributed by atoms with Crippen molar-refractivity contribution in [2.75, 3.05) is 64.8 Å². The number of nitrogens with zero attached hydrogens (tertiary/aromatic N) is 3. The van der Waals surface area contributed by atoms with E-state index >= 15 is 0 Å². The molecule has 0 aromatic heterocycles. The molecule has 2 heterocycles. The highest BCUT2D eigenvalue weighted by Crippen LogP contribution is 2.23. The molecule has 1 aromatic rings. The van der Waals surface area contributed by atoms with Crippen LogP contribution < -0.4 is 15.4 Å². The number of carbonyl (C=O) groups is 4. The van der Waals surface area contributed by atoms with Gasteiger partial charge in [-0.15, -0.1) is 0 Å². The third-order valence-corrected chi connectivity index (χ3v) is 5.67. The molecule has 0 saturated carbocycles. The number of piperazine rings is 2. The number of hydrogen-bond acceptors (Lipinski definition) is 7. The van der Waals surface area contributed by atoms with Crippen molar-refractivity contribution in [1.29, 1.82) is 0 Å². The molecule has 0 spiro atoms. The van der Waals surface area contributed by atoms with Crippen LogP contribution in [0.15, 0.2) is 24.3 Å². The molecule has 2 N–H and O–H groups in total. The van der Waals surface area contributed by atoms with E-state index in [9.17, 15) is 19.2 Å². The Hall–Kier alpha value is -3.34. The van der Waals surface area contributed by atoms with Crippen molar-refractivity contribution in [3.63, 3.8) is 0 Å². The first-order chi connectivity index (χ1) is 15.9. The molecule has 11 heteroatoms. The summed E-state index contributed by atoms with van der Waals surface area (Å²) in [7, 11) is 1.51. The lowest BCUT2D eigenvalue weighted by Crippen LogP contribution is -2.60. The number of nitrogens with one attached hydrogen (secondary N) is 2. The van der Waals surface area contributed by atoms with Crippen LogP contribution in [-0.2, 0) is 19.1 Å². The minimum atomic E-state index is -0.887. The molecular formula is C22H31N5O6. The van der Waals surface area contributed by atoms with E-state index < -0.39 is 6.04 Å². The Morgan fingerprint density at radius 3 is 2.55 bits per heavy atom. The highest BCUT2D eigenvalue weighted by atomic mass is 16.6. The first-order valence-corrected chi connectivity index (χ1v) is 11.1. The summed E-state index contributed by atoms with van der Waals surface area (Å²) in [5, 5.41) is 5.49. The minimum Gasteiger partial charge on any atom is -0.495 e. The lowest BCUT2D eigenvalue weighted by molar-refractivity contribution is -0.145. The minimum absolute atomic E-state index is 0.120. The van der Waals surface area contributed by atoms with Gasteiger partial charge in [-0.05, 0) is 19.1 Å². The third kappa shape index (κ3) is 6.35. The highest BCUT2D eigenvalue weighted by molar-refractivity contribution is 5.98. The highest BCUT2D eigenvalue weighted by Gasteiger charge is 2.35. The second kappa shape index (κ2) is 11.5. The maximum atomic E-state index is 13.0. The SMILES string of the molecule is CCOC(=O)N1CCN(CC(=O)N2CCNC(=O)[C@@H]2CC(=O)Nc2ccccc2OC)CC1. The Kier molecular flexibility index (Phi) is 8.47. The third-order valence-electron chi connectivity index (χ3n) is 5.67. The molecule has 0 unspecified atom stereocenters.